The molecule has 6 heteroatoms. The third kappa shape index (κ3) is 13.6. The lowest BCUT2D eigenvalue weighted by atomic mass is 9.96. The van der Waals surface area contributed by atoms with E-state index in [4.69, 9.17) is 4.43 Å². The van der Waals surface area contributed by atoms with Crippen molar-refractivity contribution < 1.29 is 19.4 Å². The van der Waals surface area contributed by atoms with Crippen molar-refractivity contribution in [1.29, 1.82) is 0 Å². The number of hydrogen-bond acceptors (Lipinski definition) is 3. The number of carboxylic acid groups (broad SMARTS) is 1. The summed E-state index contributed by atoms with van der Waals surface area (Å²) in [5.41, 5.74) is -0.660. The maximum Gasteiger partial charge on any atom is 0.408 e. The highest BCUT2D eigenvalue weighted by atomic mass is 28.4. The normalized spacial score (nSPS) is 15.8. The van der Waals surface area contributed by atoms with Crippen LogP contribution in [0.25, 0.3) is 0 Å². The van der Waals surface area contributed by atoms with Gasteiger partial charge in [-0.2, -0.15) is 0 Å². The lowest BCUT2D eigenvalue weighted by Crippen LogP contribution is -2.61. The maximum atomic E-state index is 12.3. The highest BCUT2D eigenvalue weighted by Gasteiger charge is 2.45. The van der Waals surface area contributed by atoms with Gasteiger partial charge in [0.25, 0.3) is 0 Å². The van der Waals surface area contributed by atoms with Crippen LogP contribution in [0.1, 0.15) is 132 Å². The minimum atomic E-state index is -2.14. The van der Waals surface area contributed by atoms with E-state index in [1.807, 2.05) is 33.8 Å². The van der Waals surface area contributed by atoms with Crippen molar-refractivity contribution in [1.82, 2.24) is 4.90 Å². The fourth-order valence-electron chi connectivity index (χ4n) is 4.49. The van der Waals surface area contributed by atoms with Gasteiger partial charge in [0.2, 0.25) is 0 Å². The quantitative estimate of drug-likeness (QED) is 0.106. The van der Waals surface area contributed by atoms with E-state index in [2.05, 4.69) is 40.8 Å². The molecule has 0 aromatic rings. The largest absolute Gasteiger partial charge is 0.465 e. The molecule has 0 saturated carbocycles. The van der Waals surface area contributed by atoms with Gasteiger partial charge in [0.05, 0.1) is 18.2 Å². The van der Waals surface area contributed by atoms with Gasteiger partial charge in [-0.3, -0.25) is 4.90 Å². The van der Waals surface area contributed by atoms with Crippen LogP contribution in [0, 0.1) is 0 Å². The molecule has 0 aliphatic rings. The van der Waals surface area contributed by atoms with Gasteiger partial charge >= 0.3 is 6.09 Å². The molecule has 1 amide bonds. The van der Waals surface area contributed by atoms with Crippen molar-refractivity contribution in [3.05, 3.63) is 12.2 Å². The Kier molecular flexibility index (Phi) is 16.5. The molecule has 0 radical (unpaired) electrons. The Morgan fingerprint density at radius 2 is 1.33 bits per heavy atom. The second-order valence-electron chi connectivity index (χ2n) is 13.1. The van der Waals surface area contributed by atoms with Gasteiger partial charge in [0.15, 0.2) is 8.32 Å². The van der Waals surface area contributed by atoms with Crippen LogP contribution in [-0.2, 0) is 4.43 Å². The topological polar surface area (TPSA) is 70.0 Å². The second-order valence-corrected chi connectivity index (χ2v) is 17.9. The van der Waals surface area contributed by atoms with Crippen LogP contribution in [0.2, 0.25) is 18.1 Å². The average molecular weight is 528 g/mol. The maximum absolute atomic E-state index is 12.3. The van der Waals surface area contributed by atoms with E-state index in [9.17, 15) is 15.0 Å². The molecule has 0 saturated heterocycles. The summed E-state index contributed by atoms with van der Waals surface area (Å²) < 4.78 is 6.57. The zero-order valence-electron chi connectivity index (χ0n) is 25.5. The van der Waals surface area contributed by atoms with Gasteiger partial charge in [-0.1, -0.05) is 104 Å². The first-order chi connectivity index (χ1) is 16.6. The Bertz CT molecular complexity index is 621. The van der Waals surface area contributed by atoms with Crippen LogP contribution in [0.5, 0.6) is 0 Å². The summed E-state index contributed by atoms with van der Waals surface area (Å²) in [6.07, 6.45) is 16.7. The van der Waals surface area contributed by atoms with Gasteiger partial charge in [-0.15, -0.1) is 0 Å². The van der Waals surface area contributed by atoms with E-state index in [1.54, 1.807) is 6.08 Å². The summed E-state index contributed by atoms with van der Waals surface area (Å²) in [6, 6.07) is -0.676. The van der Waals surface area contributed by atoms with Crippen LogP contribution in [0.4, 0.5) is 4.79 Å². The second kappa shape index (κ2) is 16.9. The molecule has 0 unspecified atom stereocenters. The van der Waals surface area contributed by atoms with Crippen LogP contribution >= 0.6 is 0 Å². The lowest BCUT2D eigenvalue weighted by Gasteiger charge is -2.47. The number of aliphatic hydroxyl groups excluding tert-OH is 1. The first-order valence-electron chi connectivity index (χ1n) is 14.6. The average Bonchev–Trinajstić information content (AvgIpc) is 2.72. The number of carbonyl (C=O) groups is 1. The smallest absolute Gasteiger partial charge is 0.408 e. The molecule has 0 bridgehead atoms. The van der Waals surface area contributed by atoms with Crippen LogP contribution in [-0.4, -0.2) is 53.3 Å². The number of amides is 1. The number of hydrogen-bond donors (Lipinski definition) is 2. The molecule has 2 N–H and O–H groups in total. The molecule has 0 rings (SSSR count). The standard InChI is InChI=1S/C30H61NO4Si/c1-11-12-13-14-15-16-17-18-19-20-21-22-23-24-26(32)27(31(28(33)34)29(3,4)5)25(2)35-36(9,10)30(6,7)8/h23-27,32H,11-22H2,1-10H3,(H,33,34)/t25-,26-,27-/m0/s1. The minimum absolute atomic E-state index is 0.00254. The van der Waals surface area contributed by atoms with Gasteiger partial charge in [-0.25, -0.2) is 4.79 Å². The van der Waals surface area contributed by atoms with E-state index >= 15 is 0 Å². The highest BCUT2D eigenvalue weighted by Crippen LogP contribution is 2.38. The predicted octanol–water partition coefficient (Wildman–Crippen LogP) is 9.16. The molecule has 0 aliphatic heterocycles. The van der Waals surface area contributed by atoms with E-state index < -0.39 is 38.2 Å². The Morgan fingerprint density at radius 1 is 0.889 bits per heavy atom. The zero-order chi connectivity index (χ0) is 28.0. The molecule has 0 spiro atoms. The van der Waals surface area contributed by atoms with Crippen LogP contribution in [0.3, 0.4) is 0 Å². The summed E-state index contributed by atoms with van der Waals surface area (Å²) >= 11 is 0. The Morgan fingerprint density at radius 3 is 1.72 bits per heavy atom. The number of aliphatic hydroxyl groups is 1. The fraction of sp³-hybridized carbons (Fsp3) is 0.900. The number of allylic oxidation sites excluding steroid dienone is 1. The molecule has 0 aromatic carbocycles. The molecule has 5 nitrogen and oxygen atoms in total. The third-order valence-corrected chi connectivity index (χ3v) is 12.2. The Labute approximate surface area is 225 Å². The van der Waals surface area contributed by atoms with Crippen molar-refractivity contribution in [2.45, 2.75) is 174 Å². The summed E-state index contributed by atoms with van der Waals surface area (Å²) in [5.74, 6) is 0. The Hall–Kier alpha value is -0.853. The third-order valence-electron chi connectivity index (χ3n) is 7.65. The number of rotatable bonds is 18. The van der Waals surface area contributed by atoms with Gasteiger partial charge in [0.1, 0.15) is 0 Å². The molecule has 0 aromatic heterocycles. The van der Waals surface area contributed by atoms with E-state index in [1.165, 1.54) is 69.1 Å². The van der Waals surface area contributed by atoms with Crippen molar-refractivity contribution in [2.75, 3.05) is 0 Å². The van der Waals surface area contributed by atoms with Crippen LogP contribution < -0.4 is 0 Å². The molecule has 0 fully saturated rings. The summed E-state index contributed by atoms with van der Waals surface area (Å²) in [4.78, 5) is 13.7. The molecule has 36 heavy (non-hydrogen) atoms. The van der Waals surface area contributed by atoms with Crippen molar-refractivity contribution in [2.24, 2.45) is 0 Å². The van der Waals surface area contributed by atoms with Crippen molar-refractivity contribution in [3.63, 3.8) is 0 Å². The lowest BCUT2D eigenvalue weighted by molar-refractivity contribution is -0.0263. The molecule has 0 aliphatic carbocycles. The first kappa shape index (κ1) is 35.1. The number of unbranched alkanes of at least 4 members (excludes halogenated alkanes) is 11. The van der Waals surface area contributed by atoms with Gasteiger partial charge in [0, 0.05) is 5.54 Å². The fourth-order valence-corrected chi connectivity index (χ4v) is 5.91. The highest BCUT2D eigenvalue weighted by molar-refractivity contribution is 6.74. The molecular formula is C30H61NO4Si. The van der Waals surface area contributed by atoms with Gasteiger partial charge in [-0.05, 0) is 58.7 Å². The van der Waals surface area contributed by atoms with Crippen molar-refractivity contribution in [3.8, 4) is 0 Å². The molecular weight excluding hydrogens is 466 g/mol. The van der Waals surface area contributed by atoms with Gasteiger partial charge < -0.3 is 14.6 Å². The summed E-state index contributed by atoms with van der Waals surface area (Å²) in [5, 5.41) is 21.2. The monoisotopic (exact) mass is 527 g/mol. The predicted molar refractivity (Wildman–Crippen MR) is 157 cm³/mol. The van der Waals surface area contributed by atoms with E-state index in [0.29, 0.717) is 0 Å². The minimum Gasteiger partial charge on any atom is -0.465 e. The van der Waals surface area contributed by atoms with E-state index in [0.717, 1.165) is 12.8 Å². The van der Waals surface area contributed by atoms with Crippen molar-refractivity contribution >= 4 is 14.4 Å². The molecule has 3 atom stereocenters. The molecule has 0 heterocycles. The van der Waals surface area contributed by atoms with E-state index in [-0.39, 0.29) is 5.04 Å². The summed E-state index contributed by atoms with van der Waals surface area (Å²) in [7, 11) is -2.14. The SMILES string of the molecule is CCCCCCCCCCCCCC=C[C@H](O)[C@H]([C@H](C)O[Si](C)(C)C(C)(C)C)N(C(=O)O)C(C)(C)C. The summed E-state index contributed by atoms with van der Waals surface area (Å²) in [6.45, 7) is 20.6. The zero-order valence-corrected chi connectivity index (χ0v) is 26.5. The number of nitrogens with zero attached hydrogens (tertiary/aromatic N) is 1. The van der Waals surface area contributed by atoms with Crippen LogP contribution in [0.15, 0.2) is 12.2 Å². The molecule has 214 valence electrons. The first-order valence-corrected chi connectivity index (χ1v) is 17.5. The Balaban J connectivity index is 4.91.